The van der Waals surface area contributed by atoms with E-state index in [1.165, 1.54) is 32.1 Å². The number of nitrogens with one attached hydrogen (secondary N) is 1. The van der Waals surface area contributed by atoms with E-state index in [1.807, 2.05) is 4.90 Å². The molecule has 3 unspecified atom stereocenters. The summed E-state index contributed by atoms with van der Waals surface area (Å²) in [5.74, 6) is 1.22. The highest BCUT2D eigenvalue weighted by Crippen LogP contribution is 2.62. The van der Waals surface area contributed by atoms with Crippen LogP contribution in [0.25, 0.3) is 0 Å². The van der Waals surface area contributed by atoms with E-state index in [-0.39, 0.29) is 0 Å². The molecule has 3 fully saturated rings. The first-order chi connectivity index (χ1) is 9.43. The fraction of sp³-hybridized carbons (Fsp3) is 0.941. The van der Waals surface area contributed by atoms with Gasteiger partial charge in [0.25, 0.3) is 0 Å². The van der Waals surface area contributed by atoms with Crippen LogP contribution in [0.4, 0.5) is 0 Å². The number of likely N-dealkylation sites (tertiary alicyclic amines) is 1. The van der Waals surface area contributed by atoms with Crippen LogP contribution in [-0.4, -0.2) is 36.5 Å². The van der Waals surface area contributed by atoms with Crippen LogP contribution in [0.3, 0.4) is 0 Å². The molecule has 1 saturated heterocycles. The van der Waals surface area contributed by atoms with Crippen molar-refractivity contribution in [3.63, 3.8) is 0 Å². The number of carbonyl (C=O) groups is 1. The van der Waals surface area contributed by atoms with Crippen LogP contribution in [0.15, 0.2) is 0 Å². The highest BCUT2D eigenvalue weighted by molar-refractivity contribution is 5.76. The van der Waals surface area contributed by atoms with Gasteiger partial charge in [0.1, 0.15) is 0 Å². The quantitative estimate of drug-likeness (QED) is 0.857. The number of amides is 1. The second kappa shape index (κ2) is 5.01. The Labute approximate surface area is 123 Å². The second-order valence-electron chi connectivity index (χ2n) is 8.14. The van der Waals surface area contributed by atoms with Gasteiger partial charge < -0.3 is 10.2 Å². The lowest BCUT2D eigenvalue weighted by molar-refractivity contribution is -0.130. The summed E-state index contributed by atoms with van der Waals surface area (Å²) >= 11 is 0. The summed E-state index contributed by atoms with van der Waals surface area (Å²) in [5.41, 5.74) is 0.856. The van der Waals surface area contributed by atoms with Gasteiger partial charge >= 0.3 is 0 Å². The number of nitrogens with zero attached hydrogens (tertiary/aromatic N) is 1. The SMILES string of the molecule is CC12CCC(C1)C(C)(C)C2NCCC(=O)N1CCCC1. The van der Waals surface area contributed by atoms with Gasteiger partial charge in [-0.1, -0.05) is 20.8 Å². The minimum Gasteiger partial charge on any atom is -0.343 e. The van der Waals surface area contributed by atoms with E-state index >= 15 is 0 Å². The Morgan fingerprint density at radius 3 is 2.55 bits per heavy atom. The molecule has 3 aliphatic rings. The Bertz CT molecular complexity index is 382. The van der Waals surface area contributed by atoms with E-state index in [0.717, 1.165) is 25.6 Å². The normalized spacial score (nSPS) is 38.6. The molecular weight excluding hydrogens is 248 g/mol. The van der Waals surface area contributed by atoms with Crippen LogP contribution < -0.4 is 5.32 Å². The van der Waals surface area contributed by atoms with Crippen molar-refractivity contribution in [2.24, 2.45) is 16.7 Å². The van der Waals surface area contributed by atoms with Crippen molar-refractivity contribution in [3.8, 4) is 0 Å². The van der Waals surface area contributed by atoms with Gasteiger partial charge in [-0.05, 0) is 48.9 Å². The molecule has 114 valence electrons. The summed E-state index contributed by atoms with van der Waals surface area (Å²) in [4.78, 5) is 14.1. The van der Waals surface area contributed by atoms with Gasteiger partial charge in [0.05, 0.1) is 0 Å². The molecule has 0 aromatic heterocycles. The summed E-state index contributed by atoms with van der Waals surface area (Å²) < 4.78 is 0. The molecule has 3 heteroatoms. The van der Waals surface area contributed by atoms with Gasteiger partial charge in [-0.25, -0.2) is 0 Å². The number of carbonyl (C=O) groups excluding carboxylic acids is 1. The van der Waals surface area contributed by atoms with E-state index in [1.54, 1.807) is 0 Å². The summed E-state index contributed by atoms with van der Waals surface area (Å²) in [7, 11) is 0. The fourth-order valence-corrected chi connectivity index (χ4v) is 5.26. The minimum absolute atomic E-state index is 0.348. The third-order valence-corrected chi connectivity index (χ3v) is 6.42. The summed E-state index contributed by atoms with van der Waals surface area (Å²) in [6.45, 7) is 10.1. The smallest absolute Gasteiger partial charge is 0.223 e. The van der Waals surface area contributed by atoms with Gasteiger partial charge in [-0.3, -0.25) is 4.79 Å². The largest absolute Gasteiger partial charge is 0.343 e. The highest BCUT2D eigenvalue weighted by atomic mass is 16.2. The average Bonchev–Trinajstić information content (AvgIpc) is 3.05. The molecule has 3 atom stereocenters. The number of hydrogen-bond donors (Lipinski definition) is 1. The molecule has 1 aliphatic heterocycles. The van der Waals surface area contributed by atoms with E-state index in [2.05, 4.69) is 26.1 Å². The second-order valence-corrected chi connectivity index (χ2v) is 8.14. The first-order valence-electron chi connectivity index (χ1n) is 8.45. The van der Waals surface area contributed by atoms with Gasteiger partial charge in [-0.2, -0.15) is 0 Å². The molecule has 2 saturated carbocycles. The molecule has 3 rings (SSSR count). The van der Waals surface area contributed by atoms with E-state index in [9.17, 15) is 4.79 Å². The molecule has 0 aromatic carbocycles. The maximum atomic E-state index is 12.1. The molecule has 0 spiro atoms. The molecule has 2 bridgehead atoms. The first kappa shape index (κ1) is 14.4. The lowest BCUT2D eigenvalue weighted by atomic mass is 9.68. The third kappa shape index (κ3) is 2.28. The monoisotopic (exact) mass is 278 g/mol. The molecule has 1 N–H and O–H groups in total. The maximum Gasteiger partial charge on any atom is 0.223 e. The van der Waals surface area contributed by atoms with Crippen molar-refractivity contribution in [3.05, 3.63) is 0 Å². The molecule has 1 heterocycles. The van der Waals surface area contributed by atoms with Crippen LogP contribution in [0.1, 0.15) is 59.3 Å². The van der Waals surface area contributed by atoms with Crippen molar-refractivity contribution >= 4 is 5.91 Å². The predicted molar refractivity (Wildman–Crippen MR) is 81.5 cm³/mol. The standard InChI is InChI=1S/C17H30N2O/c1-16(2)13-6-8-17(3,12-13)15(16)18-9-7-14(20)19-10-4-5-11-19/h13,15,18H,4-12H2,1-3H3. The zero-order chi connectivity index (χ0) is 14.4. The van der Waals surface area contributed by atoms with Gasteiger partial charge in [0.2, 0.25) is 5.91 Å². The zero-order valence-corrected chi connectivity index (χ0v) is 13.4. The lowest BCUT2D eigenvalue weighted by Gasteiger charge is -2.43. The molecule has 20 heavy (non-hydrogen) atoms. The molecule has 0 radical (unpaired) electrons. The predicted octanol–water partition coefficient (Wildman–Crippen LogP) is 2.80. The minimum atomic E-state index is 0.348. The topological polar surface area (TPSA) is 32.3 Å². The first-order valence-corrected chi connectivity index (χ1v) is 8.45. The summed E-state index contributed by atoms with van der Waals surface area (Å²) in [6, 6.07) is 0.583. The third-order valence-electron chi connectivity index (χ3n) is 6.42. The van der Waals surface area contributed by atoms with Crippen LogP contribution in [-0.2, 0) is 4.79 Å². The Morgan fingerprint density at radius 2 is 1.95 bits per heavy atom. The van der Waals surface area contributed by atoms with Crippen molar-refractivity contribution in [2.75, 3.05) is 19.6 Å². The highest BCUT2D eigenvalue weighted by Gasteiger charge is 2.58. The lowest BCUT2D eigenvalue weighted by Crippen LogP contribution is -2.51. The number of rotatable bonds is 4. The van der Waals surface area contributed by atoms with Crippen molar-refractivity contribution in [1.29, 1.82) is 0 Å². The molecular formula is C17H30N2O. The summed E-state index contributed by atoms with van der Waals surface area (Å²) in [6.07, 6.45) is 7.18. The summed E-state index contributed by atoms with van der Waals surface area (Å²) in [5, 5.41) is 3.75. The zero-order valence-electron chi connectivity index (χ0n) is 13.4. The van der Waals surface area contributed by atoms with Crippen LogP contribution >= 0.6 is 0 Å². The molecule has 1 amide bonds. The van der Waals surface area contributed by atoms with E-state index in [0.29, 0.717) is 29.2 Å². The van der Waals surface area contributed by atoms with Crippen LogP contribution in [0, 0.1) is 16.7 Å². The van der Waals surface area contributed by atoms with Crippen LogP contribution in [0.5, 0.6) is 0 Å². The Hall–Kier alpha value is -0.570. The number of hydrogen-bond acceptors (Lipinski definition) is 2. The Balaban J connectivity index is 1.52. The molecule has 3 nitrogen and oxygen atoms in total. The average molecular weight is 278 g/mol. The Morgan fingerprint density at radius 1 is 1.25 bits per heavy atom. The van der Waals surface area contributed by atoms with E-state index < -0.39 is 0 Å². The van der Waals surface area contributed by atoms with Crippen molar-refractivity contribution < 1.29 is 4.79 Å². The fourth-order valence-electron chi connectivity index (χ4n) is 5.26. The van der Waals surface area contributed by atoms with Crippen LogP contribution in [0.2, 0.25) is 0 Å². The van der Waals surface area contributed by atoms with Gasteiger partial charge in [0, 0.05) is 32.1 Å². The van der Waals surface area contributed by atoms with Gasteiger partial charge in [-0.15, -0.1) is 0 Å². The maximum absolute atomic E-state index is 12.1. The molecule has 0 aromatic rings. The van der Waals surface area contributed by atoms with Gasteiger partial charge in [0.15, 0.2) is 0 Å². The molecule has 2 aliphatic carbocycles. The van der Waals surface area contributed by atoms with Crippen molar-refractivity contribution in [2.45, 2.75) is 65.3 Å². The Kier molecular flexibility index (Phi) is 3.60. The van der Waals surface area contributed by atoms with Crippen molar-refractivity contribution in [1.82, 2.24) is 10.2 Å². The van der Waals surface area contributed by atoms with E-state index in [4.69, 9.17) is 0 Å². The number of fused-ring (bicyclic) bond motifs is 2.